The van der Waals surface area contributed by atoms with E-state index in [1.165, 1.54) is 78.0 Å². The van der Waals surface area contributed by atoms with Gasteiger partial charge in [0.05, 0.1) is 0 Å². The van der Waals surface area contributed by atoms with E-state index in [1.54, 1.807) is 5.19 Å². The third kappa shape index (κ3) is 8.67. The molecule has 7 rings (SSSR count). The van der Waals surface area contributed by atoms with Crippen molar-refractivity contribution >= 4 is 43.4 Å². The van der Waals surface area contributed by atoms with Gasteiger partial charge >= 0.3 is 70.6 Å². The molecule has 0 N–H and O–H groups in total. The van der Waals surface area contributed by atoms with Gasteiger partial charge in [-0.05, 0) is 21.5 Å². The van der Waals surface area contributed by atoms with Crippen molar-refractivity contribution in [3.05, 3.63) is 162 Å². The molecule has 0 saturated heterocycles. The quantitative estimate of drug-likeness (QED) is 0.193. The first-order valence-corrected chi connectivity index (χ1v) is 21.5. The van der Waals surface area contributed by atoms with Gasteiger partial charge in [-0.3, -0.25) is 12.2 Å². The molecule has 0 spiro atoms. The first-order chi connectivity index (χ1) is 20.0. The minimum absolute atomic E-state index is 0. The summed E-state index contributed by atoms with van der Waals surface area (Å²) < 4.78 is 0. The normalized spacial score (nSPS) is 13.1. The van der Waals surface area contributed by atoms with E-state index in [1.807, 2.05) is 0 Å². The van der Waals surface area contributed by atoms with E-state index in [2.05, 4.69) is 160 Å². The van der Waals surface area contributed by atoms with Gasteiger partial charge in [0.2, 0.25) is 0 Å². The maximum absolute atomic E-state index is 3.36. The van der Waals surface area contributed by atoms with Crippen LogP contribution in [0.15, 0.2) is 139 Å². The summed E-state index contributed by atoms with van der Waals surface area (Å²) in [5.41, 5.74) is 7.83. The summed E-state index contributed by atoms with van der Waals surface area (Å²) in [7, 11) is 0. The number of halogens is 2. The van der Waals surface area contributed by atoms with Crippen LogP contribution in [0.4, 0.5) is 0 Å². The Balaban J connectivity index is 0.000000180. The molecule has 0 nitrogen and oxygen atoms in total. The Morgan fingerprint density at radius 2 is 0.930 bits per heavy atom. The molecule has 0 amide bonds. The molecule has 0 bridgehead atoms. The van der Waals surface area contributed by atoms with Gasteiger partial charge in [0.25, 0.3) is 0 Å². The van der Waals surface area contributed by atoms with Crippen molar-refractivity contribution in [2.75, 3.05) is 0 Å². The molecule has 2 aliphatic rings. The number of hydrogen-bond donors (Lipinski definition) is 0. The molecular weight excluding hydrogens is 746 g/mol. The molecule has 214 valence electrons. The van der Waals surface area contributed by atoms with Gasteiger partial charge in [0.1, 0.15) is 0 Å². The maximum atomic E-state index is 3.36. The van der Waals surface area contributed by atoms with Crippen LogP contribution in [0, 0.1) is 12.2 Å². The van der Waals surface area contributed by atoms with Crippen molar-refractivity contribution in [1.29, 1.82) is 0 Å². The fraction of sp³-hybridized carbons (Fsp3) is 0.128. The van der Waals surface area contributed by atoms with Crippen LogP contribution in [0.5, 0.6) is 0 Å². The molecule has 0 fully saturated rings. The monoisotopic (exact) mass is 780 g/mol. The van der Waals surface area contributed by atoms with Crippen molar-refractivity contribution in [2.45, 2.75) is 33.2 Å². The van der Waals surface area contributed by atoms with Crippen LogP contribution in [0.3, 0.4) is 0 Å². The molecule has 0 aliphatic heterocycles. The van der Waals surface area contributed by atoms with Crippen molar-refractivity contribution in [1.82, 2.24) is 0 Å². The average Bonchev–Trinajstić information content (AvgIpc) is 3.65. The maximum Gasteiger partial charge on any atom is -1.00 e. The summed E-state index contributed by atoms with van der Waals surface area (Å²) >= 11 is 1.36. The van der Waals surface area contributed by atoms with E-state index in [4.69, 9.17) is 0 Å². The number of benzene rings is 5. The van der Waals surface area contributed by atoms with Crippen LogP contribution in [0.25, 0.3) is 32.7 Å². The Hall–Kier alpha value is -2.75. The van der Waals surface area contributed by atoms with Gasteiger partial charge in [0, 0.05) is 0 Å². The zero-order valence-corrected chi connectivity index (χ0v) is 30.9. The van der Waals surface area contributed by atoms with Crippen LogP contribution in [0.1, 0.15) is 37.8 Å². The first-order valence-electron chi connectivity index (χ1n) is 14.2. The first kappa shape index (κ1) is 34.7. The SMILES string of the molecule is CC1=[C-]CC=C1c1cccc2ccccc12.CC1=[C-]CC=C1c1cccc2ccccc12.C[Si](=[Hf+2])c1ccccc1.[Cl-].[Cl-]. The molecule has 5 aromatic rings. The van der Waals surface area contributed by atoms with Gasteiger partial charge in [-0.1, -0.05) is 110 Å². The Labute approximate surface area is 284 Å². The van der Waals surface area contributed by atoms with Crippen molar-refractivity contribution < 1.29 is 47.8 Å². The summed E-state index contributed by atoms with van der Waals surface area (Å²) in [4.78, 5) is 0. The van der Waals surface area contributed by atoms with Gasteiger partial charge in [-0.25, -0.2) is 11.1 Å². The van der Waals surface area contributed by atoms with Crippen LogP contribution >= 0.6 is 0 Å². The van der Waals surface area contributed by atoms with E-state index >= 15 is 0 Å². The van der Waals surface area contributed by atoms with E-state index in [9.17, 15) is 0 Å². The zero-order valence-electron chi connectivity index (χ0n) is 24.8. The van der Waals surface area contributed by atoms with Crippen molar-refractivity contribution in [3.63, 3.8) is 0 Å². The summed E-state index contributed by atoms with van der Waals surface area (Å²) in [6, 6.07) is 40.9. The van der Waals surface area contributed by atoms with Gasteiger partial charge in [-0.15, -0.1) is 12.8 Å². The number of rotatable bonds is 3. The molecule has 2 aliphatic carbocycles. The topological polar surface area (TPSA) is 0 Å². The van der Waals surface area contributed by atoms with Crippen LogP contribution in [-0.4, -0.2) is 5.49 Å². The molecule has 0 heterocycles. The van der Waals surface area contributed by atoms with Crippen molar-refractivity contribution in [3.8, 4) is 0 Å². The summed E-state index contributed by atoms with van der Waals surface area (Å²) in [6.07, 6.45) is 13.1. The summed E-state index contributed by atoms with van der Waals surface area (Å²) in [6.45, 7) is 6.65. The standard InChI is InChI=1S/2C16H13.C7H8Si.2ClH.Hf/c2*1-12-6-4-10-14(12)16-11-5-8-13-7-2-3-9-15(13)16;1-8-7-5-3-2-4-6-7;;;/h2*2-3,5,7-11H,4H2,1H3;2-6H,1H3;2*1H;/q2*-1;;;;+2/p-2. The smallest absolute Gasteiger partial charge is 1.00 e. The zero-order chi connectivity index (χ0) is 28.6. The second kappa shape index (κ2) is 16.9. The molecule has 5 aromatic carbocycles. The number of fused-ring (bicyclic) bond motifs is 2. The van der Waals surface area contributed by atoms with Gasteiger partial charge < -0.3 is 24.8 Å². The fourth-order valence-corrected chi connectivity index (χ4v) is 7.83. The minimum atomic E-state index is -0.0733. The molecule has 0 saturated carbocycles. The fourth-order valence-electron chi connectivity index (χ4n) is 5.34. The van der Waals surface area contributed by atoms with Crippen molar-refractivity contribution in [2.24, 2.45) is 0 Å². The molecule has 4 heteroatoms. The van der Waals surface area contributed by atoms with E-state index in [0.29, 0.717) is 0 Å². The van der Waals surface area contributed by atoms with E-state index < -0.39 is 0 Å². The Morgan fingerprint density at radius 1 is 0.535 bits per heavy atom. The molecule has 0 aromatic heterocycles. The van der Waals surface area contributed by atoms with Crippen LogP contribution < -0.4 is 30.0 Å². The third-order valence-electron chi connectivity index (χ3n) is 7.52. The van der Waals surface area contributed by atoms with Gasteiger partial charge in [-0.2, -0.15) is 23.3 Å². The molecule has 0 radical (unpaired) electrons. The Morgan fingerprint density at radius 3 is 1.30 bits per heavy atom. The Kier molecular flexibility index (Phi) is 13.7. The predicted octanol–water partition coefficient (Wildman–Crippen LogP) is 3.82. The van der Waals surface area contributed by atoms with E-state index in [-0.39, 0.29) is 30.3 Å². The number of hydrogen-bond acceptors (Lipinski definition) is 0. The second-order valence-corrected chi connectivity index (χ2v) is 20.2. The largest absolute Gasteiger partial charge is 1.00 e. The molecule has 43 heavy (non-hydrogen) atoms. The van der Waals surface area contributed by atoms with Gasteiger partial charge in [0.15, 0.2) is 0 Å². The minimum Gasteiger partial charge on any atom is -1.00 e. The molecular formula is C39H34Cl2HfSi-2. The summed E-state index contributed by atoms with van der Waals surface area (Å²) in [5, 5.41) is 6.86. The molecule has 0 atom stereocenters. The average molecular weight is 780 g/mol. The Bertz CT molecular complexity index is 1710. The number of allylic oxidation sites excluding steroid dienone is 8. The van der Waals surface area contributed by atoms with Crippen LogP contribution in [0.2, 0.25) is 6.55 Å². The second-order valence-electron chi connectivity index (χ2n) is 10.3. The predicted molar refractivity (Wildman–Crippen MR) is 176 cm³/mol. The van der Waals surface area contributed by atoms with E-state index in [0.717, 1.165) is 12.8 Å². The van der Waals surface area contributed by atoms with Crippen LogP contribution in [-0.2, 0) is 23.0 Å². The summed E-state index contributed by atoms with van der Waals surface area (Å²) in [5.74, 6) is 0. The molecule has 0 unspecified atom stereocenters. The third-order valence-corrected chi connectivity index (χ3v) is 11.8.